The van der Waals surface area contributed by atoms with E-state index < -0.39 is 27.5 Å². The van der Waals surface area contributed by atoms with Gasteiger partial charge in [-0.25, -0.2) is 21.6 Å². The molecule has 32 heavy (non-hydrogen) atoms. The van der Waals surface area contributed by atoms with Gasteiger partial charge in [0.05, 0.1) is 17.1 Å². The third kappa shape index (κ3) is 4.25. The van der Waals surface area contributed by atoms with E-state index in [1.165, 1.54) is 53.4 Å². The van der Waals surface area contributed by atoms with Crippen LogP contribution in [0.25, 0.3) is 11.1 Å². The summed E-state index contributed by atoms with van der Waals surface area (Å²) in [5.41, 5.74) is 1.88. The van der Waals surface area contributed by atoms with E-state index in [1.54, 1.807) is 0 Å². The van der Waals surface area contributed by atoms with E-state index in [0.717, 1.165) is 19.4 Å². The average Bonchev–Trinajstić information content (AvgIpc) is 3.15. The third-order valence-electron chi connectivity index (χ3n) is 5.36. The van der Waals surface area contributed by atoms with Gasteiger partial charge in [-0.15, -0.1) is 0 Å². The van der Waals surface area contributed by atoms with Crippen LogP contribution >= 0.6 is 0 Å². The number of rotatable bonds is 4. The van der Waals surface area contributed by atoms with Crippen LogP contribution in [-0.4, -0.2) is 30.5 Å². The van der Waals surface area contributed by atoms with Crippen molar-refractivity contribution in [3.63, 3.8) is 0 Å². The molecule has 1 aliphatic heterocycles. The summed E-state index contributed by atoms with van der Waals surface area (Å²) in [6, 6.07) is 11.0. The van der Waals surface area contributed by atoms with Crippen LogP contribution in [0.4, 0.5) is 13.2 Å². The van der Waals surface area contributed by atoms with Gasteiger partial charge in [0.25, 0.3) is 11.8 Å². The zero-order valence-electron chi connectivity index (χ0n) is 17.3. The van der Waals surface area contributed by atoms with Crippen LogP contribution in [0.5, 0.6) is 0 Å². The van der Waals surface area contributed by atoms with Gasteiger partial charge in [-0.3, -0.25) is 9.78 Å². The summed E-state index contributed by atoms with van der Waals surface area (Å²) in [5, 5.41) is 0. The molecule has 0 N–H and O–H groups in total. The first-order chi connectivity index (χ1) is 14.9. The van der Waals surface area contributed by atoms with Gasteiger partial charge >= 0.3 is 0 Å². The van der Waals surface area contributed by atoms with Crippen molar-refractivity contribution in [3.8, 4) is 11.1 Å². The van der Waals surface area contributed by atoms with Crippen LogP contribution in [-0.2, 0) is 28.8 Å². The molecule has 1 aliphatic rings. The van der Waals surface area contributed by atoms with Crippen LogP contribution in [0.15, 0.2) is 59.6 Å². The van der Waals surface area contributed by atoms with Crippen LogP contribution in [0, 0.1) is 5.82 Å². The Hall–Kier alpha value is -3.20. The van der Waals surface area contributed by atoms with Gasteiger partial charge < -0.3 is 4.90 Å². The Kier molecular flexibility index (Phi) is 5.32. The number of nitrogens with zero attached hydrogens (tertiary/aromatic N) is 2. The molecule has 0 atom stereocenters. The number of sulfone groups is 1. The molecular weight excluding hydrogens is 441 g/mol. The Morgan fingerprint density at radius 2 is 1.75 bits per heavy atom. The Balaban J connectivity index is 1.74. The van der Waals surface area contributed by atoms with Gasteiger partial charge in [0, 0.05) is 37.0 Å². The van der Waals surface area contributed by atoms with Crippen molar-refractivity contribution in [1.29, 1.82) is 0 Å². The van der Waals surface area contributed by atoms with E-state index in [1.807, 2.05) is 0 Å². The van der Waals surface area contributed by atoms with Crippen molar-refractivity contribution in [1.82, 2.24) is 9.88 Å². The summed E-state index contributed by atoms with van der Waals surface area (Å²) in [7, 11) is -3.59. The smallest absolute Gasteiger partial charge is 0.272 e. The highest BCUT2D eigenvalue weighted by molar-refractivity contribution is 7.90. The van der Waals surface area contributed by atoms with Crippen molar-refractivity contribution in [2.24, 2.45) is 0 Å². The lowest BCUT2D eigenvalue weighted by atomic mass is 9.98. The highest BCUT2D eigenvalue weighted by atomic mass is 32.2. The van der Waals surface area contributed by atoms with Crippen molar-refractivity contribution < 1.29 is 26.4 Å². The molecule has 2 aromatic carbocycles. The number of alkyl halides is 2. The second kappa shape index (κ2) is 7.74. The van der Waals surface area contributed by atoms with Crippen LogP contribution in [0.2, 0.25) is 0 Å². The molecule has 0 radical (unpaired) electrons. The standard InChI is InChI=1S/C23H19F3N2O3S/c1-23(25,26)16-9-15-12-28(13-21(15)27-11-16)22(29)20-10-18(32(2,30)31)7-8-19(20)14-3-5-17(24)6-4-14/h3-11H,12-13H2,1-2H3. The number of aromatic nitrogens is 1. The van der Waals surface area contributed by atoms with Crippen LogP contribution in [0.3, 0.4) is 0 Å². The summed E-state index contributed by atoms with van der Waals surface area (Å²) in [6.45, 7) is 0.951. The maximum Gasteiger partial charge on any atom is 0.272 e. The number of halogens is 3. The minimum atomic E-state index is -3.59. The van der Waals surface area contributed by atoms with Gasteiger partial charge in [0.1, 0.15) is 5.82 Å². The maximum atomic E-state index is 13.7. The number of carbonyl (C=O) groups excluding carboxylic acids is 1. The molecule has 2 heterocycles. The first kappa shape index (κ1) is 22.0. The van der Waals surface area contributed by atoms with E-state index in [2.05, 4.69) is 4.98 Å². The van der Waals surface area contributed by atoms with E-state index in [-0.39, 0.29) is 29.1 Å². The number of carbonyl (C=O) groups is 1. The first-order valence-electron chi connectivity index (χ1n) is 9.69. The number of benzene rings is 2. The number of hydrogen-bond donors (Lipinski definition) is 0. The minimum absolute atomic E-state index is 0.0329. The zero-order chi connectivity index (χ0) is 23.3. The van der Waals surface area contributed by atoms with Gasteiger partial charge in [0.2, 0.25) is 0 Å². The largest absolute Gasteiger partial charge is 0.328 e. The second-order valence-electron chi connectivity index (χ2n) is 7.87. The molecule has 1 aromatic heterocycles. The van der Waals surface area contributed by atoms with E-state index in [0.29, 0.717) is 22.4 Å². The molecule has 3 aromatic rings. The molecule has 0 unspecified atom stereocenters. The molecule has 4 rings (SSSR count). The lowest BCUT2D eigenvalue weighted by Gasteiger charge is -2.18. The molecule has 1 amide bonds. The summed E-state index contributed by atoms with van der Waals surface area (Å²) >= 11 is 0. The summed E-state index contributed by atoms with van der Waals surface area (Å²) in [6.07, 6.45) is 2.14. The van der Waals surface area contributed by atoms with Crippen LogP contribution in [0.1, 0.15) is 34.1 Å². The fourth-order valence-electron chi connectivity index (χ4n) is 3.63. The normalized spacial score (nSPS) is 13.8. The predicted molar refractivity (Wildman–Crippen MR) is 112 cm³/mol. The SMILES string of the molecule is CC(F)(F)c1cnc2c(c1)CN(C(=O)c1cc(S(C)(=O)=O)ccc1-c1ccc(F)cc1)C2. The van der Waals surface area contributed by atoms with Crippen molar-refractivity contribution in [2.75, 3.05) is 6.26 Å². The molecule has 0 saturated carbocycles. The van der Waals surface area contributed by atoms with Gasteiger partial charge in [-0.05, 0) is 47.0 Å². The average molecular weight is 460 g/mol. The molecule has 0 fully saturated rings. The summed E-state index contributed by atoms with van der Waals surface area (Å²) in [4.78, 5) is 18.9. The van der Waals surface area contributed by atoms with Crippen molar-refractivity contribution in [3.05, 3.63) is 82.9 Å². The molecule has 166 valence electrons. The number of fused-ring (bicyclic) bond motifs is 1. The van der Waals surface area contributed by atoms with Crippen molar-refractivity contribution >= 4 is 15.7 Å². The van der Waals surface area contributed by atoms with Crippen LogP contribution < -0.4 is 0 Å². The van der Waals surface area contributed by atoms with Gasteiger partial charge in [0.15, 0.2) is 9.84 Å². The molecule has 0 aliphatic carbocycles. The monoisotopic (exact) mass is 460 g/mol. The molecule has 5 nitrogen and oxygen atoms in total. The fraction of sp³-hybridized carbons (Fsp3) is 0.217. The summed E-state index contributed by atoms with van der Waals surface area (Å²) in [5.74, 6) is -3.98. The number of pyridine rings is 1. The number of amides is 1. The molecule has 9 heteroatoms. The Morgan fingerprint density at radius 3 is 2.38 bits per heavy atom. The van der Waals surface area contributed by atoms with E-state index >= 15 is 0 Å². The molecular formula is C23H19F3N2O3S. The quantitative estimate of drug-likeness (QED) is 0.573. The molecule has 0 spiro atoms. The second-order valence-corrected chi connectivity index (χ2v) is 9.88. The maximum absolute atomic E-state index is 13.7. The number of hydrogen-bond acceptors (Lipinski definition) is 4. The topological polar surface area (TPSA) is 67.3 Å². The Labute approximate surface area is 183 Å². The lowest BCUT2D eigenvalue weighted by molar-refractivity contribution is 0.0170. The van der Waals surface area contributed by atoms with Crippen molar-refractivity contribution in [2.45, 2.75) is 30.8 Å². The lowest BCUT2D eigenvalue weighted by Crippen LogP contribution is -2.26. The Bertz CT molecular complexity index is 1320. The summed E-state index contributed by atoms with van der Waals surface area (Å²) < 4.78 is 64.9. The fourth-order valence-corrected chi connectivity index (χ4v) is 4.27. The highest BCUT2D eigenvalue weighted by Gasteiger charge is 2.31. The molecule has 0 saturated heterocycles. The van der Waals surface area contributed by atoms with E-state index in [4.69, 9.17) is 0 Å². The van der Waals surface area contributed by atoms with Gasteiger partial charge in [-0.2, -0.15) is 0 Å². The Morgan fingerprint density at radius 1 is 1.06 bits per heavy atom. The minimum Gasteiger partial charge on any atom is -0.328 e. The molecule has 0 bridgehead atoms. The first-order valence-corrected chi connectivity index (χ1v) is 11.6. The third-order valence-corrected chi connectivity index (χ3v) is 6.47. The highest BCUT2D eigenvalue weighted by Crippen LogP contribution is 2.33. The predicted octanol–water partition coefficient (Wildman–Crippen LogP) is 4.56. The zero-order valence-corrected chi connectivity index (χ0v) is 18.1. The van der Waals surface area contributed by atoms with Gasteiger partial charge in [-0.1, -0.05) is 18.2 Å². The van der Waals surface area contributed by atoms with E-state index in [9.17, 15) is 26.4 Å².